The monoisotopic (exact) mass is 249 g/mol. The summed E-state index contributed by atoms with van der Waals surface area (Å²) in [5.74, 6) is 0.971. The van der Waals surface area contributed by atoms with Crippen molar-refractivity contribution in [3.63, 3.8) is 0 Å². The van der Waals surface area contributed by atoms with Gasteiger partial charge in [-0.2, -0.15) is 5.10 Å². The van der Waals surface area contributed by atoms with Gasteiger partial charge in [0.1, 0.15) is 6.33 Å². The second kappa shape index (κ2) is 2.92. The minimum atomic E-state index is 0.929. The first-order chi connectivity index (χ1) is 6.86. The lowest BCUT2D eigenvalue weighted by Crippen LogP contribution is -2.12. The van der Waals surface area contributed by atoms with Crippen molar-refractivity contribution < 1.29 is 0 Å². The van der Waals surface area contributed by atoms with Crippen LogP contribution in [0.2, 0.25) is 0 Å². The number of hydrogen-bond acceptors (Lipinski definition) is 2. The van der Waals surface area contributed by atoms with Gasteiger partial charge in [0.15, 0.2) is 5.82 Å². The van der Waals surface area contributed by atoms with E-state index in [4.69, 9.17) is 0 Å². The van der Waals surface area contributed by atoms with E-state index in [1.54, 1.807) is 6.33 Å². The lowest BCUT2D eigenvalue weighted by Gasteiger charge is -2.17. The first-order valence-corrected chi connectivity index (χ1v) is 5.31. The van der Waals surface area contributed by atoms with Gasteiger partial charge >= 0.3 is 0 Å². The molecule has 1 aromatic carbocycles. The third-order valence-electron chi connectivity index (χ3n) is 2.53. The summed E-state index contributed by atoms with van der Waals surface area (Å²) in [4.78, 5) is 4.28. The van der Waals surface area contributed by atoms with Gasteiger partial charge in [-0.25, -0.2) is 9.67 Å². The minimum Gasteiger partial charge on any atom is -0.245 e. The summed E-state index contributed by atoms with van der Waals surface area (Å²) < 4.78 is 3.05. The van der Waals surface area contributed by atoms with E-state index in [9.17, 15) is 0 Å². The number of benzene rings is 1. The van der Waals surface area contributed by atoms with Crippen molar-refractivity contribution in [2.24, 2.45) is 0 Å². The Kier molecular flexibility index (Phi) is 1.70. The molecule has 1 aromatic heterocycles. The summed E-state index contributed by atoms with van der Waals surface area (Å²) in [7, 11) is 0. The van der Waals surface area contributed by atoms with Crippen molar-refractivity contribution in [1.82, 2.24) is 14.8 Å². The number of nitrogens with zero attached hydrogens (tertiary/aromatic N) is 3. The van der Waals surface area contributed by atoms with Gasteiger partial charge in [0.25, 0.3) is 0 Å². The number of halogens is 1. The van der Waals surface area contributed by atoms with Gasteiger partial charge in [0, 0.05) is 16.6 Å². The van der Waals surface area contributed by atoms with Crippen LogP contribution in [0.4, 0.5) is 0 Å². The maximum absolute atomic E-state index is 4.28. The van der Waals surface area contributed by atoms with Crippen LogP contribution in [0.3, 0.4) is 0 Å². The van der Waals surface area contributed by atoms with E-state index in [-0.39, 0.29) is 0 Å². The largest absolute Gasteiger partial charge is 0.245 e. The molecule has 0 unspecified atom stereocenters. The van der Waals surface area contributed by atoms with E-state index < -0.39 is 0 Å². The van der Waals surface area contributed by atoms with Crippen LogP contribution in [0.1, 0.15) is 5.56 Å². The molecule has 3 rings (SSSR count). The smallest absolute Gasteiger partial charge is 0.159 e. The highest BCUT2D eigenvalue weighted by atomic mass is 79.9. The third-order valence-corrected chi connectivity index (χ3v) is 3.19. The molecule has 2 heterocycles. The predicted molar refractivity (Wildman–Crippen MR) is 56.9 cm³/mol. The van der Waals surface area contributed by atoms with E-state index in [2.05, 4.69) is 38.1 Å². The zero-order chi connectivity index (χ0) is 9.54. The van der Waals surface area contributed by atoms with Crippen LogP contribution in [0, 0.1) is 0 Å². The molecule has 0 saturated heterocycles. The number of hydrogen-bond donors (Lipinski definition) is 0. The first kappa shape index (κ1) is 8.17. The van der Waals surface area contributed by atoms with Gasteiger partial charge in [-0.05, 0) is 18.1 Å². The summed E-state index contributed by atoms with van der Waals surface area (Å²) in [5, 5.41) is 4.18. The molecular formula is C10H8BrN3. The zero-order valence-electron chi connectivity index (χ0n) is 7.44. The Labute approximate surface area is 89.9 Å². The maximum Gasteiger partial charge on any atom is 0.159 e. The topological polar surface area (TPSA) is 30.7 Å². The summed E-state index contributed by atoms with van der Waals surface area (Å²) in [6, 6.07) is 6.26. The molecule has 0 spiro atoms. The number of aryl methyl sites for hydroxylation is 2. The van der Waals surface area contributed by atoms with Crippen LogP contribution in [0.15, 0.2) is 29.0 Å². The molecule has 70 valence electrons. The van der Waals surface area contributed by atoms with Crippen LogP contribution in [0.5, 0.6) is 0 Å². The molecule has 0 radical (unpaired) electrons. The van der Waals surface area contributed by atoms with E-state index in [1.165, 1.54) is 11.1 Å². The van der Waals surface area contributed by atoms with Gasteiger partial charge in [-0.3, -0.25) is 0 Å². The molecule has 2 aromatic rings. The Morgan fingerprint density at radius 1 is 1.36 bits per heavy atom. The standard InChI is InChI=1S/C10H8BrN3/c11-8-3-1-2-7-4-5-14-10(9(7)8)12-6-13-14/h1-3,6H,4-5H2. The summed E-state index contributed by atoms with van der Waals surface area (Å²) in [6.45, 7) is 0.929. The molecule has 0 N–H and O–H groups in total. The van der Waals surface area contributed by atoms with Crippen LogP contribution < -0.4 is 0 Å². The van der Waals surface area contributed by atoms with Gasteiger partial charge in [0.05, 0.1) is 0 Å². The Bertz CT molecular complexity index is 490. The van der Waals surface area contributed by atoms with Gasteiger partial charge < -0.3 is 0 Å². The van der Waals surface area contributed by atoms with Crippen molar-refractivity contribution in [1.29, 1.82) is 0 Å². The molecule has 4 heteroatoms. The van der Waals surface area contributed by atoms with Crippen molar-refractivity contribution in [2.45, 2.75) is 13.0 Å². The summed E-state index contributed by atoms with van der Waals surface area (Å²) in [6.07, 6.45) is 2.65. The Morgan fingerprint density at radius 2 is 2.29 bits per heavy atom. The Balaban J connectivity index is 2.34. The maximum atomic E-state index is 4.28. The fourth-order valence-corrected chi connectivity index (χ4v) is 2.46. The molecule has 0 fully saturated rings. The summed E-state index contributed by atoms with van der Waals surface area (Å²) in [5.41, 5.74) is 2.54. The van der Waals surface area contributed by atoms with E-state index in [0.717, 1.165) is 23.3 Å². The van der Waals surface area contributed by atoms with E-state index in [0.29, 0.717) is 0 Å². The molecule has 0 bridgehead atoms. The quantitative estimate of drug-likeness (QED) is 0.718. The lowest BCUT2D eigenvalue weighted by molar-refractivity contribution is 0.605. The highest BCUT2D eigenvalue weighted by Gasteiger charge is 2.19. The van der Waals surface area contributed by atoms with Crippen molar-refractivity contribution in [2.75, 3.05) is 0 Å². The number of rotatable bonds is 0. The SMILES string of the molecule is Brc1cccc2c1-c1ncnn1CC2. The second-order valence-electron chi connectivity index (χ2n) is 3.33. The molecule has 1 aliphatic rings. The molecule has 3 nitrogen and oxygen atoms in total. The third kappa shape index (κ3) is 1.04. The highest BCUT2D eigenvalue weighted by molar-refractivity contribution is 9.10. The average molecular weight is 250 g/mol. The van der Waals surface area contributed by atoms with Crippen LogP contribution in [-0.4, -0.2) is 14.8 Å². The normalized spacial score (nSPS) is 13.5. The molecule has 0 saturated carbocycles. The fourth-order valence-electron chi connectivity index (χ4n) is 1.88. The van der Waals surface area contributed by atoms with Crippen LogP contribution in [0.25, 0.3) is 11.4 Å². The molecule has 1 aliphatic heterocycles. The predicted octanol–water partition coefficient (Wildman–Crippen LogP) is 2.26. The zero-order valence-corrected chi connectivity index (χ0v) is 9.03. The number of aromatic nitrogens is 3. The summed E-state index contributed by atoms with van der Waals surface area (Å²) >= 11 is 3.56. The molecular weight excluding hydrogens is 242 g/mol. The number of fused-ring (bicyclic) bond motifs is 3. The molecule has 0 atom stereocenters. The van der Waals surface area contributed by atoms with E-state index in [1.807, 2.05) is 10.7 Å². The Morgan fingerprint density at radius 3 is 3.21 bits per heavy atom. The van der Waals surface area contributed by atoms with Crippen molar-refractivity contribution in [3.05, 3.63) is 34.6 Å². The molecule has 0 amide bonds. The fraction of sp³-hybridized carbons (Fsp3) is 0.200. The lowest BCUT2D eigenvalue weighted by atomic mass is 10.0. The first-order valence-electron chi connectivity index (χ1n) is 4.52. The Hall–Kier alpha value is -1.16. The van der Waals surface area contributed by atoms with Crippen LogP contribution in [-0.2, 0) is 13.0 Å². The van der Waals surface area contributed by atoms with Gasteiger partial charge in [-0.15, -0.1) is 0 Å². The second-order valence-corrected chi connectivity index (χ2v) is 4.19. The van der Waals surface area contributed by atoms with Crippen molar-refractivity contribution >= 4 is 15.9 Å². The highest BCUT2D eigenvalue weighted by Crippen LogP contribution is 2.33. The van der Waals surface area contributed by atoms with Crippen molar-refractivity contribution in [3.8, 4) is 11.4 Å². The minimum absolute atomic E-state index is 0.929. The van der Waals surface area contributed by atoms with Crippen LogP contribution >= 0.6 is 15.9 Å². The van der Waals surface area contributed by atoms with Gasteiger partial charge in [0.2, 0.25) is 0 Å². The van der Waals surface area contributed by atoms with E-state index >= 15 is 0 Å². The molecule has 14 heavy (non-hydrogen) atoms. The average Bonchev–Trinajstić information content (AvgIpc) is 2.65. The van der Waals surface area contributed by atoms with Gasteiger partial charge in [-0.1, -0.05) is 28.1 Å². The molecule has 0 aliphatic carbocycles.